The molecule has 0 heterocycles. The molecule has 0 saturated carbocycles. The smallest absolute Gasteiger partial charge is 0.328 e. The number of rotatable bonds is 7. The lowest BCUT2D eigenvalue weighted by Gasteiger charge is -2.17. The van der Waals surface area contributed by atoms with Gasteiger partial charge in [-0.25, -0.2) is 4.79 Å². The monoisotopic (exact) mass is 367 g/mol. The Balaban J connectivity index is 2.10. The molecule has 1 amide bonds. The Bertz CT molecular complexity index is 904. The van der Waals surface area contributed by atoms with E-state index in [1.54, 1.807) is 30.3 Å². The Kier molecular flexibility index (Phi) is 6.61. The average molecular weight is 367 g/mol. The second-order valence-corrected chi connectivity index (χ2v) is 5.76. The van der Waals surface area contributed by atoms with Gasteiger partial charge in [0.1, 0.15) is 6.04 Å². The van der Waals surface area contributed by atoms with Crippen molar-refractivity contribution in [2.45, 2.75) is 18.9 Å². The summed E-state index contributed by atoms with van der Waals surface area (Å²) in [5, 5.41) is 22.4. The first-order valence-corrected chi connectivity index (χ1v) is 8.02. The van der Waals surface area contributed by atoms with Gasteiger partial charge in [0.2, 0.25) is 5.91 Å². The van der Waals surface area contributed by atoms with E-state index in [0.29, 0.717) is 16.7 Å². The van der Waals surface area contributed by atoms with Crippen LogP contribution in [0.2, 0.25) is 0 Å². The van der Waals surface area contributed by atoms with Gasteiger partial charge in [-0.05, 0) is 23.3 Å². The molecule has 0 spiro atoms. The summed E-state index contributed by atoms with van der Waals surface area (Å²) in [6.45, 7) is 0. The van der Waals surface area contributed by atoms with Crippen LogP contribution in [-0.4, -0.2) is 30.0 Å². The minimum Gasteiger partial charge on any atom is -0.467 e. The number of hydrogen-bond donors (Lipinski definition) is 1. The fourth-order valence-corrected chi connectivity index (χ4v) is 2.55. The minimum absolute atomic E-state index is 0.113. The van der Waals surface area contributed by atoms with Crippen LogP contribution in [0.25, 0.3) is 0 Å². The standard InChI is InChI=1S/C19H17N3O5/c1-27-19(24)17(10-13-4-2-6-15(8-13)12-20)21-18(23)11-14-5-3-7-16(9-14)22(25)26/h2-9,17H,10-11H2,1H3,(H,21,23)/t17-/m0/s1. The number of benzene rings is 2. The Morgan fingerprint density at radius 1 is 1.22 bits per heavy atom. The number of non-ortho nitro benzene ring substituents is 1. The predicted molar refractivity (Wildman–Crippen MR) is 95.6 cm³/mol. The summed E-state index contributed by atoms with van der Waals surface area (Å²) in [4.78, 5) is 34.6. The van der Waals surface area contributed by atoms with Crippen LogP contribution in [0, 0.1) is 21.4 Å². The van der Waals surface area contributed by atoms with E-state index in [-0.39, 0.29) is 18.5 Å². The summed E-state index contributed by atoms with van der Waals surface area (Å²) >= 11 is 0. The largest absolute Gasteiger partial charge is 0.467 e. The van der Waals surface area contributed by atoms with Crippen LogP contribution in [0.3, 0.4) is 0 Å². The lowest BCUT2D eigenvalue weighted by Crippen LogP contribution is -2.43. The summed E-state index contributed by atoms with van der Waals surface area (Å²) < 4.78 is 4.73. The maximum Gasteiger partial charge on any atom is 0.328 e. The molecule has 0 radical (unpaired) electrons. The van der Waals surface area contributed by atoms with E-state index in [4.69, 9.17) is 10.00 Å². The van der Waals surface area contributed by atoms with Crippen LogP contribution >= 0.6 is 0 Å². The van der Waals surface area contributed by atoms with Crippen molar-refractivity contribution in [3.05, 3.63) is 75.3 Å². The summed E-state index contributed by atoms with van der Waals surface area (Å²) in [5.41, 5.74) is 1.48. The van der Waals surface area contributed by atoms with Crippen LogP contribution in [0.1, 0.15) is 16.7 Å². The van der Waals surface area contributed by atoms with Gasteiger partial charge in [0, 0.05) is 18.6 Å². The molecule has 2 aromatic rings. The van der Waals surface area contributed by atoms with E-state index in [1.807, 2.05) is 6.07 Å². The third-order valence-corrected chi connectivity index (χ3v) is 3.80. The molecular formula is C19H17N3O5. The number of amides is 1. The fraction of sp³-hybridized carbons (Fsp3) is 0.211. The zero-order valence-corrected chi connectivity index (χ0v) is 14.5. The number of nitrogens with zero attached hydrogens (tertiary/aromatic N) is 2. The fourth-order valence-electron chi connectivity index (χ4n) is 2.55. The number of carbonyl (C=O) groups is 2. The summed E-state index contributed by atoms with van der Waals surface area (Å²) in [6, 6.07) is 13.5. The zero-order valence-electron chi connectivity index (χ0n) is 14.5. The van der Waals surface area contributed by atoms with Crippen molar-refractivity contribution in [3.63, 3.8) is 0 Å². The maximum atomic E-state index is 12.3. The van der Waals surface area contributed by atoms with Gasteiger partial charge in [0.05, 0.1) is 30.1 Å². The van der Waals surface area contributed by atoms with Crippen molar-refractivity contribution in [2.75, 3.05) is 7.11 Å². The molecule has 8 heteroatoms. The third-order valence-electron chi connectivity index (χ3n) is 3.80. The molecule has 0 unspecified atom stereocenters. The van der Waals surface area contributed by atoms with E-state index in [1.165, 1.54) is 25.3 Å². The zero-order chi connectivity index (χ0) is 19.8. The highest BCUT2D eigenvalue weighted by Gasteiger charge is 2.22. The number of nitro groups is 1. The molecule has 0 aliphatic rings. The maximum absolute atomic E-state index is 12.3. The van der Waals surface area contributed by atoms with Gasteiger partial charge < -0.3 is 10.1 Å². The van der Waals surface area contributed by atoms with Crippen LogP contribution in [0.5, 0.6) is 0 Å². The van der Waals surface area contributed by atoms with Crippen LogP contribution in [0.15, 0.2) is 48.5 Å². The minimum atomic E-state index is -0.935. The molecule has 2 aromatic carbocycles. The van der Waals surface area contributed by atoms with Crippen LogP contribution in [-0.2, 0) is 27.2 Å². The van der Waals surface area contributed by atoms with Gasteiger partial charge >= 0.3 is 5.97 Å². The first-order chi connectivity index (χ1) is 12.9. The Morgan fingerprint density at radius 3 is 2.59 bits per heavy atom. The molecule has 0 aliphatic heterocycles. The quantitative estimate of drug-likeness (QED) is 0.453. The molecule has 138 valence electrons. The first kappa shape index (κ1) is 19.6. The van der Waals surface area contributed by atoms with Crippen molar-refractivity contribution in [1.29, 1.82) is 5.26 Å². The van der Waals surface area contributed by atoms with Crippen molar-refractivity contribution in [3.8, 4) is 6.07 Å². The highest BCUT2D eigenvalue weighted by Crippen LogP contribution is 2.14. The molecule has 2 rings (SSSR count). The van der Waals surface area contributed by atoms with E-state index < -0.39 is 22.8 Å². The Morgan fingerprint density at radius 2 is 1.93 bits per heavy atom. The third kappa shape index (κ3) is 5.64. The van der Waals surface area contributed by atoms with Crippen molar-refractivity contribution in [2.24, 2.45) is 0 Å². The number of methoxy groups -OCH3 is 1. The van der Waals surface area contributed by atoms with Gasteiger partial charge in [-0.2, -0.15) is 5.26 Å². The van der Waals surface area contributed by atoms with Crippen molar-refractivity contribution >= 4 is 17.6 Å². The molecule has 0 bridgehead atoms. The number of hydrogen-bond acceptors (Lipinski definition) is 6. The number of nitro benzene ring substituents is 1. The molecule has 1 N–H and O–H groups in total. The number of ether oxygens (including phenoxy) is 1. The molecule has 0 fully saturated rings. The van der Waals surface area contributed by atoms with Crippen LogP contribution in [0.4, 0.5) is 5.69 Å². The molecule has 0 aliphatic carbocycles. The molecule has 1 atom stereocenters. The van der Waals surface area contributed by atoms with E-state index in [9.17, 15) is 19.7 Å². The van der Waals surface area contributed by atoms with Gasteiger partial charge in [-0.3, -0.25) is 14.9 Å². The van der Waals surface area contributed by atoms with Gasteiger partial charge in [-0.1, -0.05) is 24.3 Å². The summed E-state index contributed by atoms with van der Waals surface area (Å²) in [7, 11) is 1.22. The Hall–Kier alpha value is -3.73. The second-order valence-electron chi connectivity index (χ2n) is 5.76. The first-order valence-electron chi connectivity index (χ1n) is 8.02. The van der Waals surface area contributed by atoms with Gasteiger partial charge in [-0.15, -0.1) is 0 Å². The SMILES string of the molecule is COC(=O)[C@H](Cc1cccc(C#N)c1)NC(=O)Cc1cccc([N+](=O)[O-])c1. The van der Waals surface area contributed by atoms with Crippen molar-refractivity contribution < 1.29 is 19.2 Å². The van der Waals surface area contributed by atoms with Crippen LogP contribution < -0.4 is 5.32 Å². The number of nitriles is 1. The lowest BCUT2D eigenvalue weighted by molar-refractivity contribution is -0.384. The predicted octanol–water partition coefficient (Wildman–Crippen LogP) is 1.91. The topological polar surface area (TPSA) is 122 Å². The molecule has 27 heavy (non-hydrogen) atoms. The lowest BCUT2D eigenvalue weighted by atomic mass is 10.0. The molecular weight excluding hydrogens is 350 g/mol. The molecule has 8 nitrogen and oxygen atoms in total. The number of nitrogens with one attached hydrogen (secondary N) is 1. The molecule has 0 aromatic heterocycles. The van der Waals surface area contributed by atoms with Crippen molar-refractivity contribution in [1.82, 2.24) is 5.32 Å². The average Bonchev–Trinajstić information content (AvgIpc) is 2.67. The number of carbonyl (C=O) groups excluding carboxylic acids is 2. The van der Waals surface area contributed by atoms with E-state index >= 15 is 0 Å². The molecule has 0 saturated heterocycles. The Labute approximate surface area is 155 Å². The highest BCUT2D eigenvalue weighted by atomic mass is 16.6. The van der Waals surface area contributed by atoms with Gasteiger partial charge in [0.15, 0.2) is 0 Å². The van der Waals surface area contributed by atoms with E-state index in [0.717, 1.165) is 0 Å². The summed E-state index contributed by atoms with van der Waals surface area (Å²) in [5.74, 6) is -1.09. The number of esters is 1. The second kappa shape index (κ2) is 9.10. The summed E-state index contributed by atoms with van der Waals surface area (Å²) in [6.07, 6.45) is 0.0380. The van der Waals surface area contributed by atoms with Gasteiger partial charge in [0.25, 0.3) is 5.69 Å². The van der Waals surface area contributed by atoms with E-state index in [2.05, 4.69) is 5.32 Å². The highest BCUT2D eigenvalue weighted by molar-refractivity contribution is 5.85. The normalized spacial score (nSPS) is 11.1.